The number of carbonyl (C=O) groups excluding carboxylic acids is 1. The monoisotopic (exact) mass is 451 g/mol. The van der Waals surface area contributed by atoms with Crippen LogP contribution < -0.4 is 5.32 Å². The molecule has 4 aromatic rings. The second-order valence-electron chi connectivity index (χ2n) is 5.63. The third-order valence-corrected chi connectivity index (χ3v) is 5.33. The molecule has 4 rings (SSSR count). The van der Waals surface area contributed by atoms with Gasteiger partial charge in [-0.3, -0.25) is 10.1 Å². The van der Waals surface area contributed by atoms with Crippen LogP contribution in [0.2, 0.25) is 5.02 Å². The Hall–Kier alpha value is -2.16. The Morgan fingerprint density at radius 3 is 2.81 bits per heavy atom. The van der Waals surface area contributed by atoms with Crippen LogP contribution in [0.5, 0.6) is 0 Å². The first-order valence-corrected chi connectivity index (χ1v) is 9.47. The minimum Gasteiger partial charge on any atom is -0.451 e. The summed E-state index contributed by atoms with van der Waals surface area (Å²) in [4.78, 5) is 16.9. The number of aryl methyl sites for hydroxylation is 2. The molecule has 0 bridgehead atoms. The molecule has 0 spiro atoms. The Kier molecular flexibility index (Phi) is 4.34. The summed E-state index contributed by atoms with van der Waals surface area (Å²) in [5.74, 6) is 0.744. The van der Waals surface area contributed by atoms with Crippen LogP contribution in [0.4, 0.5) is 5.13 Å². The highest BCUT2D eigenvalue weighted by Crippen LogP contribution is 2.31. The van der Waals surface area contributed by atoms with Gasteiger partial charge >= 0.3 is 0 Å². The van der Waals surface area contributed by atoms with Gasteiger partial charge < -0.3 is 8.83 Å². The highest BCUT2D eigenvalue weighted by Gasteiger charge is 2.20. The lowest BCUT2D eigenvalue weighted by Crippen LogP contribution is -2.11. The Bertz CT molecular complexity index is 1150. The Balaban J connectivity index is 1.62. The molecule has 0 saturated heterocycles. The molecule has 3 aromatic heterocycles. The maximum absolute atomic E-state index is 12.6. The van der Waals surface area contributed by atoms with Crippen molar-refractivity contribution in [2.75, 3.05) is 5.32 Å². The first-order valence-electron chi connectivity index (χ1n) is 7.52. The van der Waals surface area contributed by atoms with Crippen LogP contribution in [0.1, 0.15) is 21.7 Å². The van der Waals surface area contributed by atoms with Crippen molar-refractivity contribution >= 4 is 61.1 Å². The number of hydrogen-bond donors (Lipinski definition) is 1. The van der Waals surface area contributed by atoms with Crippen LogP contribution in [-0.4, -0.2) is 15.3 Å². The van der Waals surface area contributed by atoms with Gasteiger partial charge in [-0.05, 0) is 59.6 Å². The quantitative estimate of drug-likeness (QED) is 0.423. The van der Waals surface area contributed by atoms with Gasteiger partial charge in [0.25, 0.3) is 5.91 Å². The zero-order valence-electron chi connectivity index (χ0n) is 13.6. The van der Waals surface area contributed by atoms with E-state index in [4.69, 9.17) is 20.4 Å². The smallest absolute Gasteiger partial charge is 0.293 e. The molecule has 9 heteroatoms. The fourth-order valence-electron chi connectivity index (χ4n) is 2.52. The van der Waals surface area contributed by atoms with Gasteiger partial charge in [-0.25, -0.2) is 0 Å². The lowest BCUT2D eigenvalue weighted by atomic mass is 10.1. The Morgan fingerprint density at radius 2 is 2.08 bits per heavy atom. The number of anilines is 1. The summed E-state index contributed by atoms with van der Waals surface area (Å²) in [5.41, 5.74) is 2.23. The molecule has 1 amide bonds. The number of furan rings is 2. The SMILES string of the molecule is Cc1cc2oc(C(=O)Nc3nc(-c4ccc(Br)o4)ns3)c(C)c2cc1Cl. The van der Waals surface area contributed by atoms with Crippen molar-refractivity contribution in [2.24, 2.45) is 0 Å². The van der Waals surface area contributed by atoms with Gasteiger partial charge in [-0.2, -0.15) is 9.36 Å². The van der Waals surface area contributed by atoms with Crippen molar-refractivity contribution in [1.29, 1.82) is 0 Å². The molecule has 0 fully saturated rings. The second kappa shape index (κ2) is 6.53. The molecule has 0 saturated carbocycles. The van der Waals surface area contributed by atoms with Crippen molar-refractivity contribution in [3.63, 3.8) is 0 Å². The summed E-state index contributed by atoms with van der Waals surface area (Å²) in [5, 5.41) is 4.51. The summed E-state index contributed by atoms with van der Waals surface area (Å²) in [6.45, 7) is 3.70. The normalized spacial score (nSPS) is 11.2. The van der Waals surface area contributed by atoms with Crippen molar-refractivity contribution in [2.45, 2.75) is 13.8 Å². The highest BCUT2D eigenvalue weighted by molar-refractivity contribution is 9.10. The predicted octanol–water partition coefficient (Wildman–Crippen LogP) is 5.83. The zero-order chi connectivity index (χ0) is 18.4. The number of benzene rings is 1. The van der Waals surface area contributed by atoms with Gasteiger partial charge in [0.15, 0.2) is 16.2 Å². The minimum atomic E-state index is -0.393. The first-order chi connectivity index (χ1) is 12.4. The first kappa shape index (κ1) is 17.3. The molecule has 6 nitrogen and oxygen atoms in total. The lowest BCUT2D eigenvalue weighted by molar-refractivity contribution is 0.0998. The number of aromatic nitrogens is 2. The number of nitrogens with one attached hydrogen (secondary N) is 1. The van der Waals surface area contributed by atoms with Crippen molar-refractivity contribution in [3.05, 3.63) is 50.8 Å². The van der Waals surface area contributed by atoms with E-state index < -0.39 is 5.91 Å². The highest BCUT2D eigenvalue weighted by atomic mass is 79.9. The molecule has 1 N–H and O–H groups in total. The maximum Gasteiger partial charge on any atom is 0.293 e. The van der Waals surface area contributed by atoms with Crippen LogP contribution in [0, 0.1) is 13.8 Å². The molecule has 26 heavy (non-hydrogen) atoms. The van der Waals surface area contributed by atoms with E-state index in [1.165, 1.54) is 0 Å². The van der Waals surface area contributed by atoms with E-state index in [9.17, 15) is 4.79 Å². The molecule has 0 unspecified atom stereocenters. The number of hydrogen-bond acceptors (Lipinski definition) is 6. The van der Waals surface area contributed by atoms with E-state index in [1.807, 2.05) is 19.9 Å². The largest absolute Gasteiger partial charge is 0.451 e. The third kappa shape index (κ3) is 3.04. The number of fused-ring (bicyclic) bond motifs is 1. The summed E-state index contributed by atoms with van der Waals surface area (Å²) >= 11 is 10.5. The molecule has 0 radical (unpaired) electrons. The number of nitrogens with zero attached hydrogens (tertiary/aromatic N) is 2. The predicted molar refractivity (Wildman–Crippen MR) is 104 cm³/mol. The van der Waals surface area contributed by atoms with Gasteiger partial charge in [0.05, 0.1) is 0 Å². The summed E-state index contributed by atoms with van der Waals surface area (Å²) < 4.78 is 15.9. The van der Waals surface area contributed by atoms with Crippen LogP contribution in [0.3, 0.4) is 0 Å². The average Bonchev–Trinajstić information content (AvgIpc) is 3.29. The van der Waals surface area contributed by atoms with E-state index >= 15 is 0 Å². The van der Waals surface area contributed by atoms with Crippen molar-refractivity contribution in [3.8, 4) is 11.6 Å². The number of carbonyl (C=O) groups is 1. The molecule has 0 aliphatic heterocycles. The molecule has 0 aliphatic carbocycles. The van der Waals surface area contributed by atoms with E-state index in [0.717, 1.165) is 28.0 Å². The molecule has 0 atom stereocenters. The topological polar surface area (TPSA) is 81.2 Å². The second-order valence-corrected chi connectivity index (χ2v) is 7.58. The van der Waals surface area contributed by atoms with Crippen LogP contribution in [0.15, 0.2) is 37.8 Å². The van der Waals surface area contributed by atoms with Crippen molar-refractivity contribution < 1.29 is 13.6 Å². The van der Waals surface area contributed by atoms with E-state index in [0.29, 0.717) is 32.0 Å². The van der Waals surface area contributed by atoms with Gasteiger partial charge in [-0.1, -0.05) is 11.6 Å². The van der Waals surface area contributed by atoms with E-state index in [1.54, 1.807) is 18.2 Å². The molecular weight excluding hydrogens is 442 g/mol. The fraction of sp³-hybridized carbons (Fsp3) is 0.118. The van der Waals surface area contributed by atoms with Crippen LogP contribution >= 0.6 is 39.1 Å². The molecule has 132 valence electrons. The van der Waals surface area contributed by atoms with Gasteiger partial charge in [0, 0.05) is 27.5 Å². The molecule has 3 heterocycles. The van der Waals surface area contributed by atoms with Gasteiger partial charge in [0.2, 0.25) is 11.0 Å². The summed E-state index contributed by atoms with van der Waals surface area (Å²) in [7, 11) is 0. The Morgan fingerprint density at radius 1 is 1.27 bits per heavy atom. The number of amides is 1. The third-order valence-electron chi connectivity index (χ3n) is 3.86. The average molecular weight is 453 g/mol. The van der Waals surface area contributed by atoms with Gasteiger partial charge in [0.1, 0.15) is 5.58 Å². The Labute approximate surface area is 165 Å². The van der Waals surface area contributed by atoms with Crippen LogP contribution in [-0.2, 0) is 0 Å². The summed E-state index contributed by atoms with van der Waals surface area (Å²) in [6.07, 6.45) is 0. The lowest BCUT2D eigenvalue weighted by Gasteiger charge is -1.98. The van der Waals surface area contributed by atoms with Crippen LogP contribution in [0.25, 0.3) is 22.6 Å². The van der Waals surface area contributed by atoms with E-state index in [2.05, 4.69) is 30.6 Å². The van der Waals surface area contributed by atoms with Crippen molar-refractivity contribution in [1.82, 2.24) is 9.36 Å². The fourth-order valence-corrected chi connectivity index (χ4v) is 3.56. The zero-order valence-corrected chi connectivity index (χ0v) is 16.8. The number of halogens is 2. The molecule has 1 aromatic carbocycles. The number of rotatable bonds is 3. The standard InChI is InChI=1S/C17H11BrClN3O3S/c1-7-5-12-9(6-10(7)19)8(2)14(25-12)16(23)21-17-20-15(22-26-17)11-3-4-13(18)24-11/h3-6H,1-2H3,(H,20,21,22,23). The summed E-state index contributed by atoms with van der Waals surface area (Å²) in [6, 6.07) is 7.12. The molecule has 0 aliphatic rings. The van der Waals surface area contributed by atoms with Gasteiger partial charge in [-0.15, -0.1) is 0 Å². The van der Waals surface area contributed by atoms with E-state index in [-0.39, 0.29) is 5.76 Å². The maximum atomic E-state index is 12.6. The molecular formula is C17H11BrClN3O3S. The minimum absolute atomic E-state index is 0.221.